The van der Waals surface area contributed by atoms with Gasteiger partial charge in [-0.15, -0.1) is 0 Å². The number of nitrogens with two attached hydrogens (primary N) is 1. The molecule has 0 atom stereocenters. The Hall–Kier alpha value is -2.32. The molecule has 9 nitrogen and oxygen atoms in total. The van der Waals surface area contributed by atoms with Crippen LogP contribution in [0.4, 0.5) is 4.79 Å². The molecule has 0 aromatic rings. The van der Waals surface area contributed by atoms with Crippen molar-refractivity contribution in [3.63, 3.8) is 0 Å². The number of carboxylic acid groups (broad SMARTS) is 2. The van der Waals surface area contributed by atoms with E-state index in [1.54, 1.807) is 14.1 Å². The summed E-state index contributed by atoms with van der Waals surface area (Å²) in [6.07, 6.45) is -0.593. The van der Waals surface area contributed by atoms with Gasteiger partial charge in [0.1, 0.15) is 0 Å². The largest absolute Gasteiger partial charge is 0.481 e. The molecule has 0 rings (SSSR count). The van der Waals surface area contributed by atoms with Gasteiger partial charge in [-0.1, -0.05) is 0 Å². The van der Waals surface area contributed by atoms with E-state index in [1.165, 1.54) is 4.90 Å². The van der Waals surface area contributed by atoms with Crippen LogP contribution in [0, 0.1) is 5.41 Å². The molecule has 0 aromatic heterocycles. The van der Waals surface area contributed by atoms with E-state index in [0.29, 0.717) is 0 Å². The van der Waals surface area contributed by atoms with Crippen molar-refractivity contribution in [1.82, 2.24) is 10.2 Å². The molecule has 98 valence electrons. The quantitative estimate of drug-likeness (QED) is 0.321. The summed E-state index contributed by atoms with van der Waals surface area (Å²) in [5.74, 6) is -2.16. The van der Waals surface area contributed by atoms with Gasteiger partial charge in [-0.3, -0.25) is 20.3 Å². The van der Waals surface area contributed by atoms with Crippen LogP contribution in [0.15, 0.2) is 0 Å². The van der Waals surface area contributed by atoms with E-state index in [9.17, 15) is 14.4 Å². The summed E-state index contributed by atoms with van der Waals surface area (Å²) in [6, 6.07) is -0.714. The van der Waals surface area contributed by atoms with Gasteiger partial charge in [0.2, 0.25) is 0 Å². The van der Waals surface area contributed by atoms with Crippen molar-refractivity contribution < 1.29 is 24.6 Å². The topological polar surface area (TPSA) is 157 Å². The highest BCUT2D eigenvalue weighted by atomic mass is 16.4. The lowest BCUT2D eigenvalue weighted by atomic mass is 10.3. The summed E-state index contributed by atoms with van der Waals surface area (Å²) in [4.78, 5) is 30.8. The minimum atomic E-state index is -1.08. The normalized spacial score (nSPS) is 8.35. The molecule has 0 aliphatic heterocycles. The van der Waals surface area contributed by atoms with E-state index >= 15 is 0 Å². The Morgan fingerprint density at radius 1 is 1.18 bits per heavy atom. The number of carboxylic acids is 2. The summed E-state index contributed by atoms with van der Waals surface area (Å²) in [7, 11) is 3.27. The maximum atomic E-state index is 10.1. The van der Waals surface area contributed by atoms with Crippen LogP contribution < -0.4 is 11.1 Å². The van der Waals surface area contributed by atoms with Gasteiger partial charge in [-0.05, 0) is 0 Å². The van der Waals surface area contributed by atoms with E-state index < -0.39 is 18.0 Å². The number of carbonyl (C=O) groups excluding carboxylic acids is 1. The summed E-state index contributed by atoms with van der Waals surface area (Å²) in [5.41, 5.74) is 4.71. The van der Waals surface area contributed by atoms with Gasteiger partial charge in [0.05, 0.1) is 12.8 Å². The third kappa shape index (κ3) is 16.4. The summed E-state index contributed by atoms with van der Waals surface area (Å²) in [5, 5.41) is 24.9. The second-order valence-corrected chi connectivity index (χ2v) is 3.02. The molecule has 0 heterocycles. The Balaban J connectivity index is 0. The maximum Gasteiger partial charge on any atom is 0.318 e. The molecule has 0 aliphatic carbocycles. The smallest absolute Gasteiger partial charge is 0.318 e. The van der Waals surface area contributed by atoms with E-state index in [2.05, 4.69) is 5.32 Å². The number of nitrogens with zero attached hydrogens (tertiary/aromatic N) is 1. The molecule has 0 saturated heterocycles. The highest BCUT2D eigenvalue weighted by Gasteiger charge is 2.00. The van der Waals surface area contributed by atoms with Crippen molar-refractivity contribution in [3.8, 4) is 0 Å². The van der Waals surface area contributed by atoms with Crippen molar-refractivity contribution in [1.29, 1.82) is 5.41 Å². The first-order valence-electron chi connectivity index (χ1n) is 4.42. The average Bonchev–Trinajstić information content (AvgIpc) is 2.14. The molecule has 0 aliphatic rings. The lowest BCUT2D eigenvalue weighted by Crippen LogP contribution is -2.42. The predicted octanol–water partition coefficient (Wildman–Crippen LogP) is -0.913. The molecule has 0 radical (unpaired) electrons. The van der Waals surface area contributed by atoms with Crippen LogP contribution in [0.25, 0.3) is 0 Å². The zero-order valence-corrected chi connectivity index (χ0v) is 9.56. The molecular formula is C8H16N4O5. The van der Waals surface area contributed by atoms with E-state index in [4.69, 9.17) is 21.4 Å². The lowest BCUT2D eigenvalue weighted by Gasteiger charge is -2.11. The van der Waals surface area contributed by atoms with Gasteiger partial charge in [-0.2, -0.15) is 0 Å². The van der Waals surface area contributed by atoms with Crippen LogP contribution in [0.5, 0.6) is 0 Å². The van der Waals surface area contributed by atoms with Crippen LogP contribution in [0.1, 0.15) is 12.8 Å². The number of rotatable bonds is 3. The minimum absolute atomic E-state index is 0.0116. The standard InChI is InChI=1S/C4H10N4O.C4H6O4/c1-8(2)3(5)7-4(6)9;5-3(6)1-2-4(7)8/h1-2H3,(H4,5,6,7,9);1-2H2,(H,5,6)(H,7,8). The fourth-order valence-corrected chi connectivity index (χ4v) is 0.442. The highest BCUT2D eigenvalue weighted by Crippen LogP contribution is 1.86. The van der Waals surface area contributed by atoms with E-state index in [1.807, 2.05) is 0 Å². The number of urea groups is 1. The molecule has 2 amide bonds. The van der Waals surface area contributed by atoms with Crippen molar-refractivity contribution in [2.75, 3.05) is 14.1 Å². The first kappa shape index (κ1) is 17.1. The monoisotopic (exact) mass is 248 g/mol. The third-order valence-electron chi connectivity index (χ3n) is 1.24. The average molecular weight is 248 g/mol. The lowest BCUT2D eigenvalue weighted by molar-refractivity contribution is -0.143. The molecule has 0 unspecified atom stereocenters. The van der Waals surface area contributed by atoms with E-state index in [0.717, 1.165) is 0 Å². The highest BCUT2D eigenvalue weighted by molar-refractivity contribution is 5.93. The molecule has 0 saturated carbocycles. The first-order valence-corrected chi connectivity index (χ1v) is 4.42. The van der Waals surface area contributed by atoms with Crippen molar-refractivity contribution >= 4 is 23.9 Å². The number of guanidine groups is 1. The van der Waals surface area contributed by atoms with Crippen LogP contribution in [-0.4, -0.2) is 53.1 Å². The fourth-order valence-electron chi connectivity index (χ4n) is 0.442. The number of amides is 2. The van der Waals surface area contributed by atoms with Gasteiger partial charge < -0.3 is 20.8 Å². The van der Waals surface area contributed by atoms with E-state index in [-0.39, 0.29) is 18.8 Å². The van der Waals surface area contributed by atoms with Gasteiger partial charge in [0, 0.05) is 14.1 Å². The molecule has 6 N–H and O–H groups in total. The second kappa shape index (κ2) is 8.95. The molecule has 0 fully saturated rings. The number of aliphatic carboxylic acids is 2. The maximum absolute atomic E-state index is 10.1. The van der Waals surface area contributed by atoms with Crippen molar-refractivity contribution in [3.05, 3.63) is 0 Å². The minimum Gasteiger partial charge on any atom is -0.481 e. The molecule has 0 spiro atoms. The Labute approximate surface area is 97.7 Å². The number of primary amides is 1. The Morgan fingerprint density at radius 3 is 1.65 bits per heavy atom. The van der Waals surface area contributed by atoms with Gasteiger partial charge in [0.25, 0.3) is 0 Å². The zero-order chi connectivity index (χ0) is 14.0. The van der Waals surface area contributed by atoms with Gasteiger partial charge in [-0.25, -0.2) is 4.79 Å². The van der Waals surface area contributed by atoms with Crippen LogP contribution in [-0.2, 0) is 9.59 Å². The predicted molar refractivity (Wildman–Crippen MR) is 58.6 cm³/mol. The van der Waals surface area contributed by atoms with Crippen LogP contribution in [0.2, 0.25) is 0 Å². The van der Waals surface area contributed by atoms with Crippen LogP contribution >= 0.6 is 0 Å². The second-order valence-electron chi connectivity index (χ2n) is 3.02. The number of nitrogens with one attached hydrogen (secondary N) is 2. The Kier molecular flexibility index (Phi) is 8.99. The summed E-state index contributed by atoms with van der Waals surface area (Å²) < 4.78 is 0. The Morgan fingerprint density at radius 2 is 1.53 bits per heavy atom. The van der Waals surface area contributed by atoms with Gasteiger partial charge >= 0.3 is 18.0 Å². The zero-order valence-electron chi connectivity index (χ0n) is 9.56. The first-order chi connectivity index (χ1) is 7.66. The number of carbonyl (C=O) groups is 3. The number of hydrogen-bond donors (Lipinski definition) is 5. The molecular weight excluding hydrogens is 232 g/mol. The summed E-state index contributed by atoms with van der Waals surface area (Å²) in [6.45, 7) is 0. The molecule has 9 heteroatoms. The SMILES string of the molecule is CN(C)C(=N)NC(N)=O.O=C(O)CCC(=O)O. The molecule has 0 bridgehead atoms. The fraction of sp³-hybridized carbons (Fsp3) is 0.500. The summed E-state index contributed by atoms with van der Waals surface area (Å²) >= 11 is 0. The van der Waals surface area contributed by atoms with Crippen LogP contribution in [0.3, 0.4) is 0 Å². The van der Waals surface area contributed by atoms with Gasteiger partial charge in [0.15, 0.2) is 5.96 Å². The van der Waals surface area contributed by atoms with Crippen molar-refractivity contribution in [2.45, 2.75) is 12.8 Å². The number of hydrogen-bond acceptors (Lipinski definition) is 4. The molecule has 0 aromatic carbocycles. The van der Waals surface area contributed by atoms with Crippen molar-refractivity contribution in [2.24, 2.45) is 5.73 Å². The third-order valence-corrected chi connectivity index (χ3v) is 1.24. The molecule has 17 heavy (non-hydrogen) atoms. The Bertz CT molecular complexity index is 288.